The van der Waals surface area contributed by atoms with Crippen LogP contribution in [0.2, 0.25) is 14.3 Å². The predicted octanol–water partition coefficient (Wildman–Crippen LogP) is 5.88. The van der Waals surface area contributed by atoms with E-state index in [4.69, 9.17) is 0 Å². The lowest BCUT2D eigenvalue weighted by Crippen LogP contribution is -2.30. The predicted molar refractivity (Wildman–Crippen MR) is 92.0 cm³/mol. The van der Waals surface area contributed by atoms with Crippen LogP contribution in [0.4, 0.5) is 0 Å². The minimum absolute atomic E-state index is 0.517. The van der Waals surface area contributed by atoms with Gasteiger partial charge in [-0.1, -0.05) is 32.6 Å². The monoisotopic (exact) mass is 270 g/mol. The molecule has 0 bridgehead atoms. The Bertz CT molecular complexity index is 274. The van der Waals surface area contributed by atoms with Gasteiger partial charge >= 0.3 is 0 Å². The van der Waals surface area contributed by atoms with E-state index in [2.05, 4.69) is 57.7 Å². The third-order valence-electron chi connectivity index (χ3n) is 3.71. The van der Waals surface area contributed by atoms with Crippen LogP contribution in [0.5, 0.6) is 0 Å². The van der Waals surface area contributed by atoms with Crippen LogP contribution in [0.3, 0.4) is 0 Å². The molecule has 0 amide bonds. The van der Waals surface area contributed by atoms with E-state index in [0.717, 1.165) is 19.3 Å². The molecule has 0 aliphatic carbocycles. The van der Waals surface area contributed by atoms with E-state index >= 15 is 0 Å². The molecule has 0 aliphatic heterocycles. The van der Waals surface area contributed by atoms with Gasteiger partial charge in [-0.05, 0) is 19.3 Å². The second-order valence-electron chi connectivity index (χ2n) is 4.85. The van der Waals surface area contributed by atoms with E-state index < -0.39 is 14.1 Å². The van der Waals surface area contributed by atoms with Gasteiger partial charge in [0, 0.05) is 0 Å². The zero-order valence-corrected chi connectivity index (χ0v) is 13.3. The van der Waals surface area contributed by atoms with Crippen molar-refractivity contribution in [3.05, 3.63) is 75.9 Å². The van der Waals surface area contributed by atoms with Crippen molar-refractivity contribution in [1.82, 2.24) is 0 Å². The van der Waals surface area contributed by atoms with Crippen LogP contribution >= 0.6 is 0 Å². The van der Waals surface area contributed by atoms with Gasteiger partial charge in [0.05, 0.1) is 0 Å². The van der Waals surface area contributed by atoms with Gasteiger partial charge in [0.15, 0.2) is 0 Å². The largest absolute Gasteiger partial charge is 0.288 e. The molecule has 0 nitrogen and oxygen atoms in total. The van der Waals surface area contributed by atoms with Gasteiger partial charge in [0.1, 0.15) is 0 Å². The highest BCUT2D eigenvalue weighted by atomic mass is 27.2. The quantitative estimate of drug-likeness (QED) is 0.307. The summed E-state index contributed by atoms with van der Waals surface area (Å²) in [7, 11) is 0. The summed E-state index contributed by atoms with van der Waals surface area (Å²) in [5, 5.41) is 0. The second-order valence-corrected chi connectivity index (χ2v) is 8.57. The molecular weight excluding hydrogens is 243 g/mol. The molecule has 0 rings (SSSR count). The molecule has 3 atom stereocenters. The highest BCUT2D eigenvalue weighted by Gasteiger charge is 2.36. The molecule has 0 spiro atoms. The lowest BCUT2D eigenvalue weighted by molar-refractivity contribution is 0.864. The molecule has 0 heterocycles. The standard InChI is InChI=1S/3C6H9.Al/c3*1-3-5-6-4-2;/h3*3-5H,1-2,6H2;. The number of hydrogen-bond donors (Lipinski definition) is 0. The Morgan fingerprint density at radius 2 is 0.842 bits per heavy atom. The molecule has 3 unspecified atom stereocenters. The molecule has 1 heteroatoms. The van der Waals surface area contributed by atoms with Crippen molar-refractivity contribution >= 4 is 14.1 Å². The lowest BCUT2D eigenvalue weighted by Gasteiger charge is -2.30. The SMILES string of the molecule is C=CC[CH](C=C)[Al]([CH](C=C)CC=C)[CH](C=C)CC=C. The molecule has 0 saturated carbocycles. The Hall–Kier alpha value is -1.03. The molecule has 0 fully saturated rings. The Kier molecular flexibility index (Phi) is 10.3. The second kappa shape index (κ2) is 10.9. The van der Waals surface area contributed by atoms with Crippen molar-refractivity contribution in [3.63, 3.8) is 0 Å². The average molecular weight is 270 g/mol. The van der Waals surface area contributed by atoms with Crippen LogP contribution in [0.15, 0.2) is 75.9 Å². The zero-order valence-electron chi connectivity index (χ0n) is 12.1. The average Bonchev–Trinajstić information content (AvgIpc) is 2.43. The van der Waals surface area contributed by atoms with Crippen LogP contribution in [0.25, 0.3) is 0 Å². The molecule has 0 aliphatic rings. The fourth-order valence-corrected chi connectivity index (χ4v) is 7.13. The summed E-state index contributed by atoms with van der Waals surface area (Å²) < 4.78 is 1.55. The summed E-state index contributed by atoms with van der Waals surface area (Å²) in [6.45, 7) is 23.7. The Morgan fingerprint density at radius 3 is 1.00 bits per heavy atom. The Balaban J connectivity index is 5.37. The first-order valence-electron chi connectivity index (χ1n) is 6.90. The van der Waals surface area contributed by atoms with Crippen molar-refractivity contribution in [2.24, 2.45) is 0 Å². The van der Waals surface area contributed by atoms with Crippen LogP contribution in [-0.4, -0.2) is 14.1 Å². The molecule has 19 heavy (non-hydrogen) atoms. The maximum Gasteiger partial charge on any atom is 0.288 e. The summed E-state index contributed by atoms with van der Waals surface area (Å²) in [5.41, 5.74) is 0. The first-order chi connectivity index (χ1) is 9.19. The minimum atomic E-state index is -1.20. The van der Waals surface area contributed by atoms with Crippen molar-refractivity contribution in [3.8, 4) is 0 Å². The smallest absolute Gasteiger partial charge is 0.104 e. The Morgan fingerprint density at radius 1 is 0.579 bits per heavy atom. The summed E-state index contributed by atoms with van der Waals surface area (Å²) in [5.74, 6) is 0. The maximum absolute atomic E-state index is 4.02. The first-order valence-corrected chi connectivity index (χ1v) is 8.90. The van der Waals surface area contributed by atoms with E-state index in [1.807, 2.05) is 18.2 Å². The van der Waals surface area contributed by atoms with E-state index in [1.165, 1.54) is 0 Å². The maximum atomic E-state index is 4.02. The van der Waals surface area contributed by atoms with E-state index in [1.54, 1.807) is 0 Å². The third kappa shape index (κ3) is 5.64. The lowest BCUT2D eigenvalue weighted by atomic mass is 10.2. The fraction of sp³-hybridized carbons (Fsp3) is 0.333. The molecule has 0 aromatic heterocycles. The van der Waals surface area contributed by atoms with Gasteiger partial charge in [0.2, 0.25) is 0 Å². The number of allylic oxidation sites excluding steroid dienone is 6. The van der Waals surface area contributed by atoms with Crippen molar-refractivity contribution in [1.29, 1.82) is 0 Å². The molecule has 0 saturated heterocycles. The first kappa shape index (κ1) is 18.0. The van der Waals surface area contributed by atoms with Crippen molar-refractivity contribution < 1.29 is 0 Å². The molecule has 0 radical (unpaired) electrons. The van der Waals surface area contributed by atoms with Crippen LogP contribution in [0, 0.1) is 0 Å². The highest BCUT2D eigenvalue weighted by molar-refractivity contribution is 6.65. The van der Waals surface area contributed by atoms with Crippen LogP contribution in [0.1, 0.15) is 19.3 Å². The van der Waals surface area contributed by atoms with Crippen molar-refractivity contribution in [2.45, 2.75) is 33.6 Å². The summed E-state index contributed by atoms with van der Waals surface area (Å²) in [4.78, 5) is 0. The van der Waals surface area contributed by atoms with Crippen LogP contribution in [-0.2, 0) is 0 Å². The van der Waals surface area contributed by atoms with E-state index in [-0.39, 0.29) is 0 Å². The Labute approximate surface area is 124 Å². The summed E-state index contributed by atoms with van der Waals surface area (Å²) in [6.07, 6.45) is 15.2. The number of hydrogen-bond acceptors (Lipinski definition) is 0. The fourth-order valence-electron chi connectivity index (χ4n) is 2.76. The molecule has 0 aromatic carbocycles. The zero-order chi connectivity index (χ0) is 14.7. The molecule has 0 N–H and O–H groups in total. The molecular formula is C18H27Al. The van der Waals surface area contributed by atoms with Gasteiger partial charge in [-0.15, -0.1) is 57.7 Å². The number of rotatable bonds is 12. The van der Waals surface area contributed by atoms with Gasteiger partial charge < -0.3 is 0 Å². The molecule has 0 aromatic rings. The van der Waals surface area contributed by atoms with Gasteiger partial charge in [-0.3, -0.25) is 0 Å². The van der Waals surface area contributed by atoms with Crippen LogP contribution < -0.4 is 0 Å². The van der Waals surface area contributed by atoms with E-state index in [9.17, 15) is 0 Å². The van der Waals surface area contributed by atoms with Gasteiger partial charge in [-0.25, -0.2) is 0 Å². The third-order valence-corrected chi connectivity index (χ3v) is 8.31. The highest BCUT2D eigenvalue weighted by Crippen LogP contribution is 2.39. The van der Waals surface area contributed by atoms with Gasteiger partial charge in [0.25, 0.3) is 14.1 Å². The van der Waals surface area contributed by atoms with Crippen molar-refractivity contribution in [2.75, 3.05) is 0 Å². The molecule has 102 valence electrons. The van der Waals surface area contributed by atoms with Gasteiger partial charge in [-0.2, -0.15) is 0 Å². The topological polar surface area (TPSA) is 0 Å². The summed E-state index contributed by atoms with van der Waals surface area (Å²) >= 11 is -1.20. The summed E-state index contributed by atoms with van der Waals surface area (Å²) in [6, 6.07) is 0. The minimum Gasteiger partial charge on any atom is -0.104 e. The normalized spacial score (nSPS) is 14.5. The van der Waals surface area contributed by atoms with E-state index in [0.29, 0.717) is 14.3 Å².